The van der Waals surface area contributed by atoms with Gasteiger partial charge in [0.05, 0.1) is 28.8 Å². The van der Waals surface area contributed by atoms with Crippen molar-refractivity contribution in [1.29, 1.82) is 5.26 Å². The van der Waals surface area contributed by atoms with Gasteiger partial charge in [-0.3, -0.25) is 15.0 Å². The van der Waals surface area contributed by atoms with Crippen molar-refractivity contribution in [3.8, 4) is 6.07 Å². The molecule has 168 valence electrons. The first-order valence-corrected chi connectivity index (χ1v) is 10.9. The second-order valence-corrected chi connectivity index (χ2v) is 9.53. The number of nitriles is 1. The number of nitrogens with two attached hydrogens (primary N) is 1. The van der Waals surface area contributed by atoms with Crippen LogP contribution < -0.4 is 11.2 Å². The second kappa shape index (κ2) is 8.38. The lowest BCUT2D eigenvalue weighted by Crippen LogP contribution is -2.50. The summed E-state index contributed by atoms with van der Waals surface area (Å²) in [6, 6.07) is 13.0. The summed E-state index contributed by atoms with van der Waals surface area (Å²) < 4.78 is 0. The van der Waals surface area contributed by atoms with Crippen molar-refractivity contribution in [3.63, 3.8) is 0 Å². The Labute approximate surface area is 197 Å². The summed E-state index contributed by atoms with van der Waals surface area (Å²) in [4.78, 5) is 30.4. The van der Waals surface area contributed by atoms with Gasteiger partial charge in [0.1, 0.15) is 11.0 Å². The van der Waals surface area contributed by atoms with E-state index in [0.29, 0.717) is 24.1 Å². The maximum absolute atomic E-state index is 13.4. The van der Waals surface area contributed by atoms with Gasteiger partial charge in [0.15, 0.2) is 5.78 Å². The molecule has 2 aliphatic rings. The molecular formula is C25H24ClN5O2. The number of carbonyl (C=O) groups excluding carboxylic acids is 2. The van der Waals surface area contributed by atoms with Gasteiger partial charge in [-0.25, -0.2) is 9.99 Å². The number of carbonyl (C=O) groups is 2. The van der Waals surface area contributed by atoms with Gasteiger partial charge in [-0.2, -0.15) is 5.26 Å². The maximum Gasteiger partial charge on any atom is 0.273 e. The number of allylic oxidation sites excluding steroid dienone is 3. The van der Waals surface area contributed by atoms with E-state index in [1.54, 1.807) is 12.1 Å². The Hall–Kier alpha value is -3.63. The van der Waals surface area contributed by atoms with E-state index in [4.69, 9.17) is 17.3 Å². The van der Waals surface area contributed by atoms with Gasteiger partial charge in [0, 0.05) is 18.2 Å². The van der Waals surface area contributed by atoms with Gasteiger partial charge >= 0.3 is 0 Å². The van der Waals surface area contributed by atoms with Crippen LogP contribution in [0.5, 0.6) is 0 Å². The summed E-state index contributed by atoms with van der Waals surface area (Å²) in [5, 5.41) is 11.5. The molecule has 4 rings (SSSR count). The van der Waals surface area contributed by atoms with Gasteiger partial charge in [0.2, 0.25) is 0 Å². The van der Waals surface area contributed by atoms with Crippen molar-refractivity contribution in [1.82, 2.24) is 15.4 Å². The molecule has 0 bridgehead atoms. The Morgan fingerprint density at radius 3 is 2.61 bits per heavy atom. The molecule has 1 aliphatic carbocycles. The first kappa shape index (κ1) is 22.6. The second-order valence-electron chi connectivity index (χ2n) is 9.17. The number of pyridine rings is 1. The number of ketones is 1. The number of Topliss-reactive ketones (excluding diaryl/α,β-unsaturated/α-hetero) is 1. The Bertz CT molecular complexity index is 1250. The summed E-state index contributed by atoms with van der Waals surface area (Å²) >= 11 is 6.10. The smallest absolute Gasteiger partial charge is 0.273 e. The predicted molar refractivity (Wildman–Crippen MR) is 124 cm³/mol. The van der Waals surface area contributed by atoms with E-state index in [2.05, 4.69) is 16.5 Å². The molecule has 0 fully saturated rings. The molecule has 1 atom stereocenters. The van der Waals surface area contributed by atoms with E-state index < -0.39 is 11.8 Å². The normalized spacial score (nSPS) is 19.8. The average molecular weight is 462 g/mol. The number of aryl methyl sites for hydroxylation is 1. The number of hydrazine groups is 1. The third-order valence-electron chi connectivity index (χ3n) is 6.01. The van der Waals surface area contributed by atoms with Gasteiger partial charge in [-0.05, 0) is 36.5 Å². The van der Waals surface area contributed by atoms with E-state index in [1.165, 1.54) is 11.2 Å². The number of amides is 1. The van der Waals surface area contributed by atoms with Crippen LogP contribution in [-0.4, -0.2) is 21.7 Å². The first-order valence-electron chi connectivity index (χ1n) is 10.6. The van der Waals surface area contributed by atoms with Crippen molar-refractivity contribution < 1.29 is 9.59 Å². The van der Waals surface area contributed by atoms with Crippen LogP contribution in [0.15, 0.2) is 65.3 Å². The van der Waals surface area contributed by atoms with Gasteiger partial charge in [-0.1, -0.05) is 55.3 Å². The Kier molecular flexibility index (Phi) is 5.73. The quantitative estimate of drug-likeness (QED) is 0.665. The molecule has 2 aromatic rings. The molecule has 7 nitrogen and oxygen atoms in total. The molecule has 0 saturated carbocycles. The van der Waals surface area contributed by atoms with E-state index in [9.17, 15) is 14.9 Å². The van der Waals surface area contributed by atoms with Crippen LogP contribution >= 0.6 is 11.6 Å². The van der Waals surface area contributed by atoms with Crippen LogP contribution in [0.4, 0.5) is 0 Å². The lowest BCUT2D eigenvalue weighted by molar-refractivity contribution is -0.118. The molecule has 2 heterocycles. The van der Waals surface area contributed by atoms with Crippen molar-refractivity contribution >= 4 is 23.3 Å². The Balaban J connectivity index is 1.87. The van der Waals surface area contributed by atoms with Crippen LogP contribution in [-0.2, 0) is 4.79 Å². The number of hydrogen-bond donors (Lipinski definition) is 2. The third kappa shape index (κ3) is 4.10. The van der Waals surface area contributed by atoms with E-state index in [0.717, 1.165) is 11.1 Å². The zero-order valence-electron chi connectivity index (χ0n) is 18.6. The van der Waals surface area contributed by atoms with Crippen molar-refractivity contribution in [3.05, 3.63) is 87.1 Å². The van der Waals surface area contributed by atoms with Crippen molar-refractivity contribution in [2.24, 2.45) is 11.1 Å². The number of nitrogens with one attached hydrogen (secondary N) is 1. The summed E-state index contributed by atoms with van der Waals surface area (Å²) in [6.45, 7) is 5.96. The highest BCUT2D eigenvalue weighted by Crippen LogP contribution is 2.48. The van der Waals surface area contributed by atoms with Gasteiger partial charge in [-0.15, -0.1) is 0 Å². The highest BCUT2D eigenvalue weighted by atomic mass is 35.5. The first-order chi connectivity index (χ1) is 15.6. The van der Waals surface area contributed by atoms with E-state index in [-0.39, 0.29) is 33.3 Å². The van der Waals surface area contributed by atoms with Crippen LogP contribution in [0.2, 0.25) is 5.15 Å². The number of hydrogen-bond acceptors (Lipinski definition) is 6. The monoisotopic (exact) mass is 461 g/mol. The minimum atomic E-state index is -0.593. The molecule has 3 N–H and O–H groups in total. The molecule has 0 saturated heterocycles. The third-order valence-corrected chi connectivity index (χ3v) is 6.31. The Morgan fingerprint density at radius 1 is 1.27 bits per heavy atom. The van der Waals surface area contributed by atoms with Crippen molar-refractivity contribution in [2.75, 3.05) is 0 Å². The van der Waals surface area contributed by atoms with Gasteiger partial charge < -0.3 is 5.73 Å². The molecule has 1 aromatic heterocycles. The fourth-order valence-corrected chi connectivity index (χ4v) is 4.65. The fraction of sp³-hybridized carbons (Fsp3) is 0.280. The largest absolute Gasteiger partial charge is 0.383 e. The van der Waals surface area contributed by atoms with E-state index >= 15 is 0 Å². The SMILES string of the molecule is Cc1ccc(C2C(C#N)=C(N)N(NC(=O)c3cccnc3Cl)C3=C2C(=O)CC(C)(C)C3)cc1. The van der Waals surface area contributed by atoms with Crippen molar-refractivity contribution in [2.45, 2.75) is 39.5 Å². The minimum Gasteiger partial charge on any atom is -0.383 e. The molecule has 1 aliphatic heterocycles. The van der Waals surface area contributed by atoms with Crippen LogP contribution in [0.25, 0.3) is 0 Å². The molecule has 0 radical (unpaired) electrons. The van der Waals surface area contributed by atoms with Crippen LogP contribution in [0.3, 0.4) is 0 Å². The lowest BCUT2D eigenvalue weighted by atomic mass is 9.69. The zero-order chi connectivity index (χ0) is 23.9. The van der Waals surface area contributed by atoms with Crippen LogP contribution in [0.1, 0.15) is 54.1 Å². The average Bonchev–Trinajstić information content (AvgIpc) is 2.75. The summed E-state index contributed by atoms with van der Waals surface area (Å²) in [7, 11) is 0. The molecular weight excluding hydrogens is 438 g/mol. The summed E-state index contributed by atoms with van der Waals surface area (Å²) in [6.07, 6.45) is 2.32. The maximum atomic E-state index is 13.4. The molecule has 33 heavy (non-hydrogen) atoms. The summed E-state index contributed by atoms with van der Waals surface area (Å²) in [5.74, 6) is -1.11. The Morgan fingerprint density at radius 2 is 1.97 bits per heavy atom. The van der Waals surface area contributed by atoms with Crippen LogP contribution in [0, 0.1) is 23.7 Å². The topological polar surface area (TPSA) is 112 Å². The molecule has 0 spiro atoms. The predicted octanol–water partition coefficient (Wildman–Crippen LogP) is 4.12. The highest BCUT2D eigenvalue weighted by Gasteiger charge is 2.44. The zero-order valence-corrected chi connectivity index (χ0v) is 19.4. The number of halogens is 1. The fourth-order valence-electron chi connectivity index (χ4n) is 4.45. The van der Waals surface area contributed by atoms with Gasteiger partial charge in [0.25, 0.3) is 5.91 Å². The number of rotatable bonds is 3. The molecule has 8 heteroatoms. The highest BCUT2D eigenvalue weighted by molar-refractivity contribution is 6.32. The minimum absolute atomic E-state index is 0.0434. The molecule has 1 aromatic carbocycles. The summed E-state index contributed by atoms with van der Waals surface area (Å²) in [5.41, 5.74) is 12.2. The number of aromatic nitrogens is 1. The molecule has 1 amide bonds. The molecule has 1 unspecified atom stereocenters. The number of benzene rings is 1. The standard InChI is InChI=1S/C25H24ClN5O2/c1-14-6-8-15(9-7-14)20-17(13-27)23(28)31(18-11-25(2,3)12-19(32)21(18)20)30-24(33)16-5-4-10-29-22(16)26/h4-10,20H,11-12,28H2,1-3H3,(H,30,33). The number of nitrogens with zero attached hydrogens (tertiary/aromatic N) is 3. The van der Waals surface area contributed by atoms with E-state index in [1.807, 2.05) is 45.0 Å². The lowest BCUT2D eigenvalue weighted by Gasteiger charge is -2.43.